The lowest BCUT2D eigenvalue weighted by Crippen LogP contribution is -2.39. The minimum Gasteiger partial charge on any atom is -0.481 e. The summed E-state index contributed by atoms with van der Waals surface area (Å²) in [5.41, 5.74) is 5.06. The molecule has 1 atom stereocenters. The van der Waals surface area contributed by atoms with Crippen LogP contribution in [0, 0.1) is 11.3 Å². The Morgan fingerprint density at radius 1 is 1.47 bits per heavy atom. The second kappa shape index (κ2) is 5.50. The Kier molecular flexibility index (Phi) is 4.58. The quantitative estimate of drug-likeness (QED) is 0.608. The van der Waals surface area contributed by atoms with E-state index in [0.29, 0.717) is 12.5 Å². The molecular weight excluding hydrogens is 190 g/mol. The van der Waals surface area contributed by atoms with Crippen LogP contribution >= 0.6 is 0 Å². The number of carboxylic acid groups (broad SMARTS) is 1. The van der Waals surface area contributed by atoms with Crippen molar-refractivity contribution in [3.8, 4) is 0 Å². The highest BCUT2D eigenvalue weighted by atomic mass is 16.4. The third-order valence-electron chi connectivity index (χ3n) is 3.48. The lowest BCUT2D eigenvalue weighted by molar-refractivity contribution is -0.149. The third kappa shape index (κ3) is 3.49. The van der Waals surface area contributed by atoms with E-state index in [0.717, 1.165) is 32.1 Å². The summed E-state index contributed by atoms with van der Waals surface area (Å²) in [5, 5.41) is 9.32. The fourth-order valence-corrected chi connectivity index (χ4v) is 2.16. The standard InChI is InChI=1S/C12H23NO2/c1-2-3-4-7-12(9-13,11(14)15)8-10-5-6-10/h10H,2-9,13H2,1H3,(H,14,15). The van der Waals surface area contributed by atoms with Gasteiger partial charge >= 0.3 is 5.97 Å². The van der Waals surface area contributed by atoms with Crippen molar-refractivity contribution < 1.29 is 9.90 Å². The van der Waals surface area contributed by atoms with Crippen molar-refractivity contribution in [3.63, 3.8) is 0 Å². The van der Waals surface area contributed by atoms with Crippen molar-refractivity contribution in [1.29, 1.82) is 0 Å². The smallest absolute Gasteiger partial charge is 0.310 e. The summed E-state index contributed by atoms with van der Waals surface area (Å²) in [6.45, 7) is 2.42. The van der Waals surface area contributed by atoms with E-state index in [-0.39, 0.29) is 0 Å². The second-order valence-electron chi connectivity index (χ2n) is 4.89. The van der Waals surface area contributed by atoms with E-state index in [4.69, 9.17) is 5.73 Å². The van der Waals surface area contributed by atoms with Crippen LogP contribution in [0.3, 0.4) is 0 Å². The normalized spacial score (nSPS) is 19.9. The monoisotopic (exact) mass is 213 g/mol. The molecule has 3 N–H and O–H groups in total. The summed E-state index contributed by atoms with van der Waals surface area (Å²) >= 11 is 0. The Hall–Kier alpha value is -0.570. The van der Waals surface area contributed by atoms with Crippen molar-refractivity contribution in [3.05, 3.63) is 0 Å². The van der Waals surface area contributed by atoms with E-state index >= 15 is 0 Å². The first-order valence-corrected chi connectivity index (χ1v) is 6.08. The fraction of sp³-hybridized carbons (Fsp3) is 0.917. The minimum atomic E-state index is -0.687. The number of rotatable bonds is 8. The Morgan fingerprint density at radius 3 is 2.53 bits per heavy atom. The molecule has 0 spiro atoms. The first kappa shape index (κ1) is 12.5. The average molecular weight is 213 g/mol. The van der Waals surface area contributed by atoms with Crippen LogP contribution in [0.4, 0.5) is 0 Å². The molecule has 3 nitrogen and oxygen atoms in total. The first-order chi connectivity index (χ1) is 7.14. The van der Waals surface area contributed by atoms with E-state index in [1.165, 1.54) is 12.8 Å². The van der Waals surface area contributed by atoms with Gasteiger partial charge in [0.2, 0.25) is 0 Å². The molecule has 15 heavy (non-hydrogen) atoms. The Balaban J connectivity index is 2.51. The number of aliphatic carboxylic acids is 1. The van der Waals surface area contributed by atoms with Gasteiger partial charge in [0, 0.05) is 6.54 Å². The Morgan fingerprint density at radius 2 is 2.13 bits per heavy atom. The molecule has 1 rings (SSSR count). The molecule has 0 radical (unpaired) electrons. The van der Waals surface area contributed by atoms with E-state index in [2.05, 4.69) is 6.92 Å². The number of hydrogen-bond acceptors (Lipinski definition) is 2. The molecule has 0 bridgehead atoms. The van der Waals surface area contributed by atoms with Crippen LogP contribution in [-0.2, 0) is 4.79 Å². The fourth-order valence-electron chi connectivity index (χ4n) is 2.16. The molecule has 3 heteroatoms. The molecule has 1 saturated carbocycles. The van der Waals surface area contributed by atoms with Crippen molar-refractivity contribution in [2.45, 2.75) is 51.9 Å². The average Bonchev–Trinajstić information content (AvgIpc) is 3.00. The van der Waals surface area contributed by atoms with Crippen LogP contribution in [-0.4, -0.2) is 17.6 Å². The van der Waals surface area contributed by atoms with Gasteiger partial charge in [0.05, 0.1) is 5.41 Å². The summed E-state index contributed by atoms with van der Waals surface area (Å²) in [6.07, 6.45) is 7.17. The molecule has 1 aliphatic rings. The molecule has 0 aromatic rings. The Labute approximate surface area is 92.0 Å². The van der Waals surface area contributed by atoms with Gasteiger partial charge in [-0.25, -0.2) is 0 Å². The predicted molar refractivity (Wildman–Crippen MR) is 60.6 cm³/mol. The summed E-state index contributed by atoms with van der Waals surface area (Å²) in [5.74, 6) is -0.0562. The zero-order chi connectivity index (χ0) is 11.3. The maximum atomic E-state index is 11.3. The van der Waals surface area contributed by atoms with E-state index < -0.39 is 11.4 Å². The van der Waals surface area contributed by atoms with Crippen LogP contribution in [0.5, 0.6) is 0 Å². The van der Waals surface area contributed by atoms with E-state index in [9.17, 15) is 9.90 Å². The van der Waals surface area contributed by atoms with Gasteiger partial charge in [-0.2, -0.15) is 0 Å². The summed E-state index contributed by atoms with van der Waals surface area (Å²) in [7, 11) is 0. The molecule has 88 valence electrons. The largest absolute Gasteiger partial charge is 0.481 e. The lowest BCUT2D eigenvalue weighted by Gasteiger charge is -2.28. The van der Waals surface area contributed by atoms with Crippen LogP contribution in [0.25, 0.3) is 0 Å². The van der Waals surface area contributed by atoms with Gasteiger partial charge < -0.3 is 10.8 Å². The van der Waals surface area contributed by atoms with E-state index in [1.807, 2.05) is 0 Å². The zero-order valence-electron chi connectivity index (χ0n) is 9.67. The molecule has 1 aliphatic carbocycles. The summed E-state index contributed by atoms with van der Waals surface area (Å²) in [6, 6.07) is 0. The molecule has 0 saturated heterocycles. The molecule has 1 fully saturated rings. The summed E-state index contributed by atoms with van der Waals surface area (Å²) in [4.78, 5) is 11.3. The maximum absolute atomic E-state index is 11.3. The topological polar surface area (TPSA) is 63.3 Å². The second-order valence-corrected chi connectivity index (χ2v) is 4.89. The number of carboxylic acids is 1. The highest BCUT2D eigenvalue weighted by Gasteiger charge is 2.41. The predicted octanol–water partition coefficient (Wildman–Crippen LogP) is 2.40. The molecule has 0 aliphatic heterocycles. The minimum absolute atomic E-state index is 0.294. The van der Waals surface area contributed by atoms with Gasteiger partial charge in [0.15, 0.2) is 0 Å². The van der Waals surface area contributed by atoms with Crippen molar-refractivity contribution >= 4 is 5.97 Å². The molecule has 1 unspecified atom stereocenters. The van der Waals surface area contributed by atoms with Crippen LogP contribution in [0.1, 0.15) is 51.9 Å². The molecule has 0 heterocycles. The lowest BCUT2D eigenvalue weighted by atomic mass is 9.78. The number of carbonyl (C=O) groups is 1. The van der Waals surface area contributed by atoms with Gasteiger partial charge in [-0.15, -0.1) is 0 Å². The first-order valence-electron chi connectivity index (χ1n) is 6.08. The summed E-state index contributed by atoms with van der Waals surface area (Å²) < 4.78 is 0. The van der Waals surface area contributed by atoms with Gasteiger partial charge in [-0.1, -0.05) is 39.0 Å². The molecule has 0 amide bonds. The molecular formula is C12H23NO2. The van der Waals surface area contributed by atoms with Crippen LogP contribution < -0.4 is 5.73 Å². The molecule has 0 aromatic carbocycles. The van der Waals surface area contributed by atoms with Crippen LogP contribution in [0.15, 0.2) is 0 Å². The van der Waals surface area contributed by atoms with Crippen molar-refractivity contribution in [1.82, 2.24) is 0 Å². The third-order valence-corrected chi connectivity index (χ3v) is 3.48. The van der Waals surface area contributed by atoms with Gasteiger partial charge in [-0.05, 0) is 18.8 Å². The number of hydrogen-bond donors (Lipinski definition) is 2. The van der Waals surface area contributed by atoms with E-state index in [1.54, 1.807) is 0 Å². The Bertz CT molecular complexity index is 214. The number of nitrogens with two attached hydrogens (primary N) is 1. The number of unbranched alkanes of at least 4 members (excludes halogenated alkanes) is 2. The van der Waals surface area contributed by atoms with Gasteiger partial charge in [0.1, 0.15) is 0 Å². The highest BCUT2D eigenvalue weighted by Crippen LogP contribution is 2.42. The SMILES string of the molecule is CCCCCC(CN)(CC1CC1)C(=O)O. The zero-order valence-corrected chi connectivity index (χ0v) is 9.67. The van der Waals surface area contributed by atoms with Crippen LogP contribution in [0.2, 0.25) is 0 Å². The highest BCUT2D eigenvalue weighted by molar-refractivity contribution is 5.75. The van der Waals surface area contributed by atoms with Crippen molar-refractivity contribution in [2.75, 3.05) is 6.54 Å². The van der Waals surface area contributed by atoms with Gasteiger partial charge in [0.25, 0.3) is 0 Å². The van der Waals surface area contributed by atoms with Crippen molar-refractivity contribution in [2.24, 2.45) is 17.1 Å². The molecule has 0 aromatic heterocycles. The maximum Gasteiger partial charge on any atom is 0.310 e. The van der Waals surface area contributed by atoms with Gasteiger partial charge in [-0.3, -0.25) is 4.79 Å².